The van der Waals surface area contributed by atoms with Crippen LogP contribution in [0.5, 0.6) is 0 Å². The summed E-state index contributed by atoms with van der Waals surface area (Å²) in [6, 6.07) is 15.5. The van der Waals surface area contributed by atoms with Gasteiger partial charge >= 0.3 is 0 Å². The smallest absolute Gasteiger partial charge is 0.0231 e. The fourth-order valence-electron chi connectivity index (χ4n) is 3.75. The Bertz CT molecular complexity index is 585. The third-order valence-electron chi connectivity index (χ3n) is 4.97. The summed E-state index contributed by atoms with van der Waals surface area (Å²) in [5, 5.41) is 0. The minimum atomic E-state index is 0.724. The van der Waals surface area contributed by atoms with Gasteiger partial charge in [-0.3, -0.25) is 0 Å². The molecular weight excluding hydrogens is 268 g/mol. The van der Waals surface area contributed by atoms with Crippen LogP contribution in [-0.4, -0.2) is 29.6 Å². The predicted octanol–water partition coefficient (Wildman–Crippen LogP) is 4.10. The molecule has 1 unspecified atom stereocenters. The molecule has 118 valence electrons. The molecule has 22 heavy (non-hydrogen) atoms. The highest BCUT2D eigenvalue weighted by Crippen LogP contribution is 2.31. The quantitative estimate of drug-likeness (QED) is 0.746. The van der Waals surface area contributed by atoms with Crippen molar-refractivity contribution in [3.63, 3.8) is 0 Å². The van der Waals surface area contributed by atoms with Gasteiger partial charge in [0.2, 0.25) is 0 Å². The first-order chi connectivity index (χ1) is 10.8. The monoisotopic (exact) mass is 296 g/mol. The van der Waals surface area contributed by atoms with E-state index >= 15 is 0 Å². The van der Waals surface area contributed by atoms with Crippen molar-refractivity contribution < 1.29 is 0 Å². The maximum absolute atomic E-state index is 2.54. The molecule has 2 aromatic rings. The van der Waals surface area contributed by atoms with Crippen molar-refractivity contribution in [2.75, 3.05) is 20.1 Å². The van der Waals surface area contributed by atoms with E-state index in [1.165, 1.54) is 50.2 Å². The van der Waals surface area contributed by atoms with Crippen LogP contribution in [0.15, 0.2) is 42.5 Å². The number of aromatic nitrogens is 1. The molecule has 3 rings (SSSR count). The van der Waals surface area contributed by atoms with E-state index in [1.807, 2.05) is 0 Å². The molecule has 1 aliphatic heterocycles. The zero-order chi connectivity index (χ0) is 15.4. The van der Waals surface area contributed by atoms with Crippen LogP contribution in [-0.2, 0) is 19.4 Å². The van der Waals surface area contributed by atoms with E-state index in [2.05, 4.69) is 65.9 Å². The lowest BCUT2D eigenvalue weighted by molar-refractivity contribution is 0.306. The van der Waals surface area contributed by atoms with Crippen molar-refractivity contribution >= 4 is 0 Å². The van der Waals surface area contributed by atoms with Gasteiger partial charge in [-0.15, -0.1) is 0 Å². The molecule has 2 heterocycles. The van der Waals surface area contributed by atoms with Gasteiger partial charge in [-0.05, 0) is 57.0 Å². The summed E-state index contributed by atoms with van der Waals surface area (Å²) in [4.78, 5) is 2.52. The Labute approximate surface area is 134 Å². The Kier molecular flexibility index (Phi) is 4.99. The Morgan fingerprint density at radius 3 is 2.73 bits per heavy atom. The lowest BCUT2D eigenvalue weighted by atomic mass is 10.0. The van der Waals surface area contributed by atoms with E-state index in [0.717, 1.165) is 12.3 Å². The van der Waals surface area contributed by atoms with Gasteiger partial charge in [-0.2, -0.15) is 0 Å². The molecule has 0 saturated heterocycles. The van der Waals surface area contributed by atoms with E-state index in [-0.39, 0.29) is 0 Å². The third-order valence-corrected chi connectivity index (χ3v) is 4.97. The zero-order valence-electron chi connectivity index (χ0n) is 14.0. The molecule has 0 fully saturated rings. The predicted molar refractivity (Wildman–Crippen MR) is 93.4 cm³/mol. The van der Waals surface area contributed by atoms with Crippen LogP contribution in [0.2, 0.25) is 0 Å². The third kappa shape index (κ3) is 3.44. The number of nitrogens with zero attached hydrogens (tertiary/aromatic N) is 2. The molecule has 0 bridgehead atoms. The molecule has 2 heteroatoms. The minimum Gasteiger partial charge on any atom is -0.348 e. The summed E-state index contributed by atoms with van der Waals surface area (Å²) < 4.78 is 2.54. The summed E-state index contributed by atoms with van der Waals surface area (Å²) in [6.45, 7) is 5.86. The second-order valence-electron chi connectivity index (χ2n) is 6.59. The highest BCUT2D eigenvalue weighted by molar-refractivity contribution is 5.23. The van der Waals surface area contributed by atoms with Gasteiger partial charge in [0.05, 0.1) is 0 Å². The number of hydrogen-bond donors (Lipinski definition) is 0. The average Bonchev–Trinajstić information content (AvgIpc) is 3.11. The normalized spacial score (nSPS) is 17.1. The Balaban J connectivity index is 1.47. The first-order valence-electron chi connectivity index (χ1n) is 8.68. The fourth-order valence-corrected chi connectivity index (χ4v) is 3.75. The standard InChI is InChI=1S/C20H28N2/c1-3-19-11-12-20-18(13-15-22(19)20)16-21(2)14-7-10-17-8-5-4-6-9-17/h4-6,8-9,11-12,18H,3,7,10,13-16H2,1-2H3. The van der Waals surface area contributed by atoms with Crippen LogP contribution in [0.4, 0.5) is 0 Å². The van der Waals surface area contributed by atoms with Crippen LogP contribution in [0.1, 0.15) is 42.6 Å². The van der Waals surface area contributed by atoms with Crippen molar-refractivity contribution in [3.8, 4) is 0 Å². The van der Waals surface area contributed by atoms with Gasteiger partial charge in [0, 0.05) is 30.4 Å². The van der Waals surface area contributed by atoms with E-state index in [4.69, 9.17) is 0 Å². The van der Waals surface area contributed by atoms with Gasteiger partial charge in [0.15, 0.2) is 0 Å². The van der Waals surface area contributed by atoms with Crippen molar-refractivity contribution in [3.05, 3.63) is 59.4 Å². The second-order valence-corrected chi connectivity index (χ2v) is 6.59. The molecular formula is C20H28N2. The molecule has 0 spiro atoms. The van der Waals surface area contributed by atoms with Crippen LogP contribution >= 0.6 is 0 Å². The van der Waals surface area contributed by atoms with Crippen molar-refractivity contribution in [1.82, 2.24) is 9.47 Å². The molecule has 0 saturated carbocycles. The lowest BCUT2D eigenvalue weighted by Crippen LogP contribution is -2.25. The summed E-state index contributed by atoms with van der Waals surface area (Å²) in [5.74, 6) is 0.724. The molecule has 2 nitrogen and oxygen atoms in total. The number of hydrogen-bond acceptors (Lipinski definition) is 1. The summed E-state index contributed by atoms with van der Waals surface area (Å²) in [5.41, 5.74) is 4.52. The Morgan fingerprint density at radius 1 is 1.14 bits per heavy atom. The molecule has 0 radical (unpaired) electrons. The number of fused-ring (bicyclic) bond motifs is 1. The molecule has 1 aromatic heterocycles. The van der Waals surface area contributed by atoms with Crippen LogP contribution in [0.25, 0.3) is 0 Å². The number of likely N-dealkylation sites (N-methyl/N-ethyl adjacent to an activating group) is 1. The lowest BCUT2D eigenvalue weighted by Gasteiger charge is -2.20. The van der Waals surface area contributed by atoms with Gasteiger partial charge in [-0.1, -0.05) is 37.3 Å². The second kappa shape index (κ2) is 7.15. The van der Waals surface area contributed by atoms with Gasteiger partial charge in [-0.25, -0.2) is 0 Å². The first kappa shape index (κ1) is 15.4. The van der Waals surface area contributed by atoms with Crippen LogP contribution in [0, 0.1) is 0 Å². The highest BCUT2D eigenvalue weighted by Gasteiger charge is 2.24. The van der Waals surface area contributed by atoms with E-state index in [0.29, 0.717) is 0 Å². The molecule has 1 aromatic carbocycles. The molecule has 0 amide bonds. The van der Waals surface area contributed by atoms with Crippen molar-refractivity contribution in [1.29, 1.82) is 0 Å². The Morgan fingerprint density at radius 2 is 1.95 bits per heavy atom. The van der Waals surface area contributed by atoms with Crippen molar-refractivity contribution in [2.24, 2.45) is 0 Å². The SMILES string of the molecule is CCc1ccc2n1CCC2CN(C)CCCc1ccccc1. The zero-order valence-corrected chi connectivity index (χ0v) is 14.0. The molecule has 1 atom stereocenters. The number of rotatable bonds is 7. The van der Waals surface area contributed by atoms with Crippen molar-refractivity contribution in [2.45, 2.75) is 45.1 Å². The molecule has 1 aliphatic rings. The van der Waals surface area contributed by atoms with E-state index in [9.17, 15) is 0 Å². The molecule has 0 aliphatic carbocycles. The maximum Gasteiger partial charge on any atom is 0.0231 e. The number of aryl methyl sites for hydroxylation is 2. The summed E-state index contributed by atoms with van der Waals surface area (Å²) in [6.07, 6.45) is 4.90. The topological polar surface area (TPSA) is 8.17 Å². The summed E-state index contributed by atoms with van der Waals surface area (Å²) in [7, 11) is 2.28. The van der Waals surface area contributed by atoms with E-state index in [1.54, 1.807) is 5.69 Å². The summed E-state index contributed by atoms with van der Waals surface area (Å²) >= 11 is 0. The van der Waals surface area contributed by atoms with Gasteiger partial charge < -0.3 is 9.47 Å². The van der Waals surface area contributed by atoms with Gasteiger partial charge in [0.1, 0.15) is 0 Å². The molecule has 0 N–H and O–H groups in total. The maximum atomic E-state index is 2.54. The van der Waals surface area contributed by atoms with Gasteiger partial charge in [0.25, 0.3) is 0 Å². The average molecular weight is 296 g/mol. The fraction of sp³-hybridized carbons (Fsp3) is 0.500. The highest BCUT2D eigenvalue weighted by atomic mass is 15.1. The van der Waals surface area contributed by atoms with E-state index < -0.39 is 0 Å². The first-order valence-corrected chi connectivity index (χ1v) is 8.68. The number of benzene rings is 1. The largest absolute Gasteiger partial charge is 0.348 e. The van der Waals surface area contributed by atoms with Crippen LogP contribution in [0.3, 0.4) is 0 Å². The Hall–Kier alpha value is -1.54. The minimum absolute atomic E-state index is 0.724. The van der Waals surface area contributed by atoms with Crippen LogP contribution < -0.4 is 0 Å².